The van der Waals surface area contributed by atoms with Crippen LogP contribution in [0.4, 0.5) is 0 Å². The molecule has 1 N–H and O–H groups in total. The van der Waals surface area contributed by atoms with E-state index >= 15 is 0 Å². The molecule has 0 aromatic carbocycles. The van der Waals surface area contributed by atoms with Crippen molar-refractivity contribution in [1.29, 1.82) is 0 Å². The Hall–Kier alpha value is -3.15. The van der Waals surface area contributed by atoms with E-state index in [9.17, 15) is 4.79 Å². The van der Waals surface area contributed by atoms with Crippen molar-refractivity contribution in [2.24, 2.45) is 0 Å². The number of likely N-dealkylation sites (tertiary alicyclic amines) is 1. The third-order valence-electron chi connectivity index (χ3n) is 5.36. The van der Waals surface area contributed by atoms with Crippen LogP contribution >= 0.6 is 0 Å². The molecule has 1 aliphatic rings. The summed E-state index contributed by atoms with van der Waals surface area (Å²) in [6.45, 7) is 1.53. The molecule has 0 spiro atoms. The molecule has 4 aromatic heterocycles. The molecule has 0 aliphatic carbocycles. The quantitative estimate of drug-likeness (QED) is 0.606. The lowest BCUT2D eigenvalue weighted by molar-refractivity contribution is 0.0715. The van der Waals surface area contributed by atoms with Gasteiger partial charge in [0.2, 0.25) is 0 Å². The van der Waals surface area contributed by atoms with Crippen LogP contribution in [-0.2, 0) is 0 Å². The molecule has 0 bridgehead atoms. The van der Waals surface area contributed by atoms with Gasteiger partial charge < -0.3 is 9.88 Å². The van der Waals surface area contributed by atoms with Gasteiger partial charge in [0.15, 0.2) is 0 Å². The van der Waals surface area contributed by atoms with Crippen molar-refractivity contribution in [3.63, 3.8) is 0 Å². The molecule has 0 radical (unpaired) electrons. The molecule has 6 nitrogen and oxygen atoms in total. The van der Waals surface area contributed by atoms with E-state index in [1.165, 1.54) is 10.9 Å². The number of fused-ring (bicyclic) bond motifs is 2. The minimum Gasteiger partial charge on any atom is -0.346 e. The van der Waals surface area contributed by atoms with E-state index in [1.54, 1.807) is 16.9 Å². The average Bonchev–Trinajstić information content (AvgIpc) is 3.32. The number of nitrogens with zero attached hydrogens (tertiary/aromatic N) is 4. The van der Waals surface area contributed by atoms with Gasteiger partial charge >= 0.3 is 0 Å². The highest BCUT2D eigenvalue weighted by Gasteiger charge is 2.27. The topological polar surface area (TPSA) is 66.3 Å². The molecule has 1 aliphatic heterocycles. The van der Waals surface area contributed by atoms with Crippen LogP contribution in [0.2, 0.25) is 0 Å². The molecule has 6 heteroatoms. The summed E-state index contributed by atoms with van der Waals surface area (Å²) in [4.78, 5) is 22.5. The van der Waals surface area contributed by atoms with Crippen molar-refractivity contribution >= 4 is 22.5 Å². The first kappa shape index (κ1) is 15.1. The fourth-order valence-corrected chi connectivity index (χ4v) is 3.98. The Labute approximate surface area is 150 Å². The van der Waals surface area contributed by atoms with Crippen LogP contribution in [0.25, 0.3) is 16.6 Å². The smallest absolute Gasteiger partial charge is 0.257 e. The molecule has 130 valence electrons. The zero-order valence-corrected chi connectivity index (χ0v) is 14.3. The van der Waals surface area contributed by atoms with Gasteiger partial charge in [-0.2, -0.15) is 5.10 Å². The standard InChI is InChI=1S/C20H19N5O/c26-20(17-13-23-25-9-2-1-5-18(17)25)24-10-6-14(7-11-24)16-12-22-19-15(16)4-3-8-21-19/h1-5,8-9,12-14H,6-7,10-11H2,(H,21,22). The van der Waals surface area contributed by atoms with E-state index in [-0.39, 0.29) is 5.91 Å². The zero-order chi connectivity index (χ0) is 17.5. The molecule has 5 rings (SSSR count). The van der Waals surface area contributed by atoms with Crippen molar-refractivity contribution in [2.75, 3.05) is 13.1 Å². The minimum atomic E-state index is 0.0743. The second kappa shape index (κ2) is 5.98. The number of amides is 1. The number of carbonyl (C=O) groups is 1. The lowest BCUT2D eigenvalue weighted by Gasteiger charge is -2.31. The van der Waals surface area contributed by atoms with Crippen molar-refractivity contribution < 1.29 is 4.79 Å². The van der Waals surface area contributed by atoms with Crippen LogP contribution < -0.4 is 0 Å². The van der Waals surface area contributed by atoms with Gasteiger partial charge in [-0.05, 0) is 48.6 Å². The minimum absolute atomic E-state index is 0.0743. The SMILES string of the molecule is O=C(c1cnn2ccccc12)N1CCC(c2c[nH]c3ncccc23)CC1. The number of aromatic amines is 1. The van der Waals surface area contributed by atoms with Crippen molar-refractivity contribution in [1.82, 2.24) is 24.5 Å². The predicted molar refractivity (Wildman–Crippen MR) is 99.2 cm³/mol. The fraction of sp³-hybridized carbons (Fsp3) is 0.250. The van der Waals surface area contributed by atoms with Gasteiger partial charge in [0.05, 0.1) is 17.3 Å². The lowest BCUT2D eigenvalue weighted by Crippen LogP contribution is -2.37. The lowest BCUT2D eigenvalue weighted by atomic mass is 9.89. The van der Waals surface area contributed by atoms with Gasteiger partial charge in [-0.15, -0.1) is 0 Å². The number of pyridine rings is 2. The summed E-state index contributed by atoms with van der Waals surface area (Å²) in [6, 6.07) is 9.88. The molecule has 1 fully saturated rings. The Kier molecular flexibility index (Phi) is 3.48. The van der Waals surface area contributed by atoms with Gasteiger partial charge in [0.1, 0.15) is 5.65 Å². The summed E-state index contributed by atoms with van der Waals surface area (Å²) in [5, 5.41) is 5.48. The number of piperidine rings is 1. The number of nitrogens with one attached hydrogen (secondary N) is 1. The van der Waals surface area contributed by atoms with Gasteiger partial charge in [-0.25, -0.2) is 9.50 Å². The Morgan fingerprint density at radius 3 is 2.92 bits per heavy atom. The molecule has 1 amide bonds. The Morgan fingerprint density at radius 2 is 2.04 bits per heavy atom. The summed E-state index contributed by atoms with van der Waals surface area (Å²) < 4.78 is 1.75. The predicted octanol–water partition coefficient (Wildman–Crippen LogP) is 3.23. The van der Waals surface area contributed by atoms with E-state index in [4.69, 9.17) is 0 Å². The maximum atomic E-state index is 12.9. The van der Waals surface area contributed by atoms with E-state index in [1.807, 2.05) is 35.4 Å². The highest BCUT2D eigenvalue weighted by atomic mass is 16.2. The molecule has 0 atom stereocenters. The first-order valence-electron chi connectivity index (χ1n) is 8.95. The maximum absolute atomic E-state index is 12.9. The molecular weight excluding hydrogens is 326 g/mol. The first-order valence-corrected chi connectivity index (χ1v) is 8.95. The number of rotatable bonds is 2. The highest BCUT2D eigenvalue weighted by Crippen LogP contribution is 2.33. The number of aromatic nitrogens is 4. The van der Waals surface area contributed by atoms with Gasteiger partial charge in [-0.3, -0.25) is 4.79 Å². The average molecular weight is 345 g/mol. The third-order valence-corrected chi connectivity index (χ3v) is 5.36. The molecule has 26 heavy (non-hydrogen) atoms. The number of carbonyl (C=O) groups excluding carboxylic acids is 1. The van der Waals surface area contributed by atoms with E-state index in [0.29, 0.717) is 11.5 Å². The van der Waals surface area contributed by atoms with Crippen LogP contribution in [0.15, 0.2) is 55.1 Å². The van der Waals surface area contributed by atoms with Gasteiger partial charge in [0.25, 0.3) is 5.91 Å². The summed E-state index contributed by atoms with van der Waals surface area (Å²) in [5.41, 5.74) is 3.80. The Morgan fingerprint density at radius 1 is 1.15 bits per heavy atom. The molecule has 0 saturated carbocycles. The summed E-state index contributed by atoms with van der Waals surface area (Å²) >= 11 is 0. The summed E-state index contributed by atoms with van der Waals surface area (Å²) in [5.74, 6) is 0.533. The summed E-state index contributed by atoms with van der Waals surface area (Å²) in [7, 11) is 0. The second-order valence-electron chi connectivity index (χ2n) is 6.80. The van der Waals surface area contributed by atoms with Gasteiger partial charge in [-0.1, -0.05) is 6.07 Å². The molecule has 1 saturated heterocycles. The van der Waals surface area contributed by atoms with Crippen molar-refractivity contribution in [3.8, 4) is 0 Å². The normalized spacial score (nSPS) is 15.8. The van der Waals surface area contributed by atoms with E-state index < -0.39 is 0 Å². The number of hydrogen-bond donors (Lipinski definition) is 1. The van der Waals surface area contributed by atoms with E-state index in [0.717, 1.165) is 37.1 Å². The maximum Gasteiger partial charge on any atom is 0.257 e. The molecule has 4 aromatic rings. The highest BCUT2D eigenvalue weighted by molar-refractivity contribution is 6.00. The van der Waals surface area contributed by atoms with Gasteiger partial charge in [0, 0.05) is 37.1 Å². The summed E-state index contributed by atoms with van der Waals surface area (Å²) in [6.07, 6.45) is 9.35. The van der Waals surface area contributed by atoms with Crippen LogP contribution in [-0.4, -0.2) is 43.5 Å². The van der Waals surface area contributed by atoms with Crippen LogP contribution in [0, 0.1) is 0 Å². The zero-order valence-electron chi connectivity index (χ0n) is 14.3. The molecule has 0 unspecified atom stereocenters. The van der Waals surface area contributed by atoms with Crippen LogP contribution in [0.3, 0.4) is 0 Å². The number of hydrogen-bond acceptors (Lipinski definition) is 3. The van der Waals surface area contributed by atoms with Crippen LogP contribution in [0.5, 0.6) is 0 Å². The monoisotopic (exact) mass is 345 g/mol. The third kappa shape index (κ3) is 2.37. The van der Waals surface area contributed by atoms with E-state index in [2.05, 4.69) is 27.3 Å². The fourth-order valence-electron chi connectivity index (χ4n) is 3.98. The Balaban J connectivity index is 1.35. The Bertz CT molecular complexity index is 1090. The molecular formula is C20H19N5O. The largest absolute Gasteiger partial charge is 0.346 e. The second-order valence-corrected chi connectivity index (χ2v) is 6.80. The van der Waals surface area contributed by atoms with Crippen molar-refractivity contribution in [2.45, 2.75) is 18.8 Å². The molecule has 5 heterocycles. The number of H-pyrrole nitrogens is 1. The van der Waals surface area contributed by atoms with Crippen LogP contribution in [0.1, 0.15) is 34.7 Å². The van der Waals surface area contributed by atoms with Crippen molar-refractivity contribution in [3.05, 3.63) is 66.2 Å². The first-order chi connectivity index (χ1) is 12.8.